The van der Waals surface area contributed by atoms with Crippen LogP contribution in [0.2, 0.25) is 0 Å². The van der Waals surface area contributed by atoms with Crippen molar-refractivity contribution in [3.63, 3.8) is 0 Å². The summed E-state index contributed by atoms with van der Waals surface area (Å²) in [4.78, 5) is 18.8. The van der Waals surface area contributed by atoms with Crippen molar-refractivity contribution in [3.8, 4) is 0 Å². The Labute approximate surface area is 125 Å². The molecule has 0 aliphatic heterocycles. The van der Waals surface area contributed by atoms with Gasteiger partial charge < -0.3 is 10.6 Å². The summed E-state index contributed by atoms with van der Waals surface area (Å²) in [6.45, 7) is 6.43. The Kier molecular flexibility index (Phi) is 4.58. The van der Waals surface area contributed by atoms with Gasteiger partial charge in [0.15, 0.2) is 0 Å². The van der Waals surface area contributed by atoms with Crippen LogP contribution in [0.3, 0.4) is 0 Å². The van der Waals surface area contributed by atoms with Crippen LogP contribution in [-0.4, -0.2) is 21.8 Å². The molecule has 0 spiro atoms. The number of hydrogen-bond donors (Lipinski definition) is 1. The second-order valence-corrected chi connectivity index (χ2v) is 5.48. The van der Waals surface area contributed by atoms with Gasteiger partial charge in [-0.05, 0) is 56.7 Å². The van der Waals surface area contributed by atoms with Crippen molar-refractivity contribution in [2.75, 3.05) is 5.73 Å². The zero-order valence-electron chi connectivity index (χ0n) is 12.7. The topological polar surface area (TPSA) is 59.2 Å². The lowest BCUT2D eigenvalue weighted by atomic mass is 10.1. The molecule has 2 N–H and O–H groups in total. The van der Waals surface area contributed by atoms with Gasteiger partial charge in [0.2, 0.25) is 0 Å². The Morgan fingerprint density at radius 1 is 1.29 bits per heavy atom. The van der Waals surface area contributed by atoms with Gasteiger partial charge in [-0.3, -0.25) is 9.78 Å². The summed E-state index contributed by atoms with van der Waals surface area (Å²) in [5, 5.41) is 0. The van der Waals surface area contributed by atoms with Gasteiger partial charge >= 0.3 is 0 Å². The van der Waals surface area contributed by atoms with Crippen molar-refractivity contribution in [1.82, 2.24) is 9.88 Å². The number of hydrogen-bond acceptors (Lipinski definition) is 3. The summed E-state index contributed by atoms with van der Waals surface area (Å²) in [7, 11) is 0. The molecule has 0 unspecified atom stereocenters. The van der Waals surface area contributed by atoms with Gasteiger partial charge in [-0.1, -0.05) is 6.07 Å². The van der Waals surface area contributed by atoms with Crippen LogP contribution in [0.5, 0.6) is 0 Å². The number of nitrogens with zero attached hydrogens (tertiary/aromatic N) is 2. The van der Waals surface area contributed by atoms with Crippen LogP contribution in [0.1, 0.15) is 35.5 Å². The molecule has 21 heavy (non-hydrogen) atoms. The molecule has 0 atom stereocenters. The van der Waals surface area contributed by atoms with E-state index in [-0.39, 0.29) is 11.9 Å². The molecule has 110 valence electrons. The van der Waals surface area contributed by atoms with Crippen LogP contribution in [0, 0.1) is 6.92 Å². The van der Waals surface area contributed by atoms with Crippen LogP contribution in [-0.2, 0) is 6.54 Å². The normalized spacial score (nSPS) is 10.7. The zero-order valence-corrected chi connectivity index (χ0v) is 12.7. The largest absolute Gasteiger partial charge is 0.399 e. The SMILES string of the molecule is Cc1cc(N)cc(C(=O)N(Cc2ccccn2)C(C)C)c1. The fourth-order valence-corrected chi connectivity index (χ4v) is 2.26. The molecule has 1 aromatic carbocycles. The van der Waals surface area contributed by atoms with Crippen molar-refractivity contribution in [2.24, 2.45) is 0 Å². The number of benzene rings is 1. The maximum absolute atomic E-state index is 12.7. The first-order chi connectivity index (χ1) is 9.97. The van der Waals surface area contributed by atoms with Crippen molar-refractivity contribution in [1.29, 1.82) is 0 Å². The van der Waals surface area contributed by atoms with Crippen LogP contribution in [0.4, 0.5) is 5.69 Å². The third kappa shape index (κ3) is 3.81. The minimum Gasteiger partial charge on any atom is -0.399 e. The molecule has 0 saturated heterocycles. The van der Waals surface area contributed by atoms with E-state index >= 15 is 0 Å². The lowest BCUT2D eigenvalue weighted by Crippen LogP contribution is -2.36. The lowest BCUT2D eigenvalue weighted by molar-refractivity contribution is 0.0688. The quantitative estimate of drug-likeness (QED) is 0.877. The van der Waals surface area contributed by atoms with E-state index in [9.17, 15) is 4.79 Å². The van der Waals surface area contributed by atoms with Gasteiger partial charge in [-0.15, -0.1) is 0 Å². The molecular weight excluding hydrogens is 262 g/mol. The number of anilines is 1. The number of aromatic nitrogens is 1. The highest BCUT2D eigenvalue weighted by molar-refractivity contribution is 5.95. The van der Waals surface area contributed by atoms with E-state index in [4.69, 9.17) is 5.73 Å². The summed E-state index contributed by atoms with van der Waals surface area (Å²) in [5.41, 5.74) is 8.94. The number of pyridine rings is 1. The highest BCUT2D eigenvalue weighted by atomic mass is 16.2. The molecule has 0 aliphatic carbocycles. The Morgan fingerprint density at radius 3 is 2.62 bits per heavy atom. The molecule has 0 fully saturated rings. The fraction of sp³-hybridized carbons (Fsp3) is 0.294. The Hall–Kier alpha value is -2.36. The van der Waals surface area contributed by atoms with Gasteiger partial charge in [-0.25, -0.2) is 0 Å². The molecule has 2 aromatic rings. The molecule has 0 saturated carbocycles. The maximum Gasteiger partial charge on any atom is 0.254 e. The van der Waals surface area contributed by atoms with Crippen molar-refractivity contribution in [2.45, 2.75) is 33.4 Å². The predicted octanol–water partition coefficient (Wildman–Crippen LogP) is 3.02. The number of nitrogen functional groups attached to an aromatic ring is 1. The molecule has 2 rings (SSSR count). The van der Waals surface area contributed by atoms with E-state index in [0.29, 0.717) is 17.8 Å². The second-order valence-electron chi connectivity index (χ2n) is 5.48. The molecule has 4 heteroatoms. The summed E-state index contributed by atoms with van der Waals surface area (Å²) in [6.07, 6.45) is 1.74. The van der Waals surface area contributed by atoms with E-state index in [1.807, 2.05) is 51.1 Å². The first kappa shape index (κ1) is 15.0. The summed E-state index contributed by atoms with van der Waals surface area (Å²) >= 11 is 0. The van der Waals surface area contributed by atoms with Gasteiger partial charge in [-0.2, -0.15) is 0 Å². The van der Waals surface area contributed by atoms with Gasteiger partial charge in [0.05, 0.1) is 12.2 Å². The molecule has 0 radical (unpaired) electrons. The van der Waals surface area contributed by atoms with Crippen LogP contribution >= 0.6 is 0 Å². The molecule has 1 aromatic heterocycles. The Bertz CT molecular complexity index is 603. The Balaban J connectivity index is 2.27. The fourth-order valence-electron chi connectivity index (χ4n) is 2.26. The second kappa shape index (κ2) is 6.39. The van der Waals surface area contributed by atoms with Crippen molar-refractivity contribution < 1.29 is 4.79 Å². The smallest absolute Gasteiger partial charge is 0.254 e. The van der Waals surface area contributed by atoms with Crippen LogP contribution < -0.4 is 5.73 Å². The summed E-state index contributed by atoms with van der Waals surface area (Å²) < 4.78 is 0. The molecule has 0 bridgehead atoms. The zero-order chi connectivity index (χ0) is 15.4. The van der Waals surface area contributed by atoms with Crippen LogP contribution in [0.15, 0.2) is 42.6 Å². The number of rotatable bonds is 4. The first-order valence-corrected chi connectivity index (χ1v) is 7.05. The lowest BCUT2D eigenvalue weighted by Gasteiger charge is -2.26. The summed E-state index contributed by atoms with van der Waals surface area (Å²) in [5.74, 6) is -0.0222. The van der Waals surface area contributed by atoms with Gasteiger partial charge in [0.1, 0.15) is 0 Å². The van der Waals surface area contributed by atoms with Crippen molar-refractivity contribution in [3.05, 3.63) is 59.4 Å². The summed E-state index contributed by atoms with van der Waals surface area (Å²) in [6, 6.07) is 11.3. The van der Waals surface area contributed by atoms with E-state index in [1.54, 1.807) is 17.2 Å². The van der Waals surface area contributed by atoms with Gasteiger partial charge in [0.25, 0.3) is 5.91 Å². The Morgan fingerprint density at radius 2 is 2.05 bits per heavy atom. The number of carbonyl (C=O) groups excluding carboxylic acids is 1. The average Bonchev–Trinajstić information content (AvgIpc) is 2.44. The minimum absolute atomic E-state index is 0.0222. The van der Waals surface area contributed by atoms with E-state index < -0.39 is 0 Å². The highest BCUT2D eigenvalue weighted by Gasteiger charge is 2.20. The highest BCUT2D eigenvalue weighted by Crippen LogP contribution is 2.16. The standard InChI is InChI=1S/C17H21N3O/c1-12(2)20(11-16-6-4-5-7-19-16)17(21)14-8-13(3)9-15(18)10-14/h4-10,12H,11,18H2,1-3H3. The van der Waals surface area contributed by atoms with Crippen LogP contribution in [0.25, 0.3) is 0 Å². The number of amides is 1. The predicted molar refractivity (Wildman–Crippen MR) is 84.8 cm³/mol. The number of aryl methyl sites for hydroxylation is 1. The number of nitrogens with two attached hydrogens (primary N) is 1. The van der Waals surface area contributed by atoms with E-state index in [2.05, 4.69) is 4.98 Å². The third-order valence-corrected chi connectivity index (χ3v) is 3.29. The molecular formula is C17H21N3O. The molecule has 0 aliphatic rings. The molecule has 4 nitrogen and oxygen atoms in total. The monoisotopic (exact) mass is 283 g/mol. The van der Waals surface area contributed by atoms with E-state index in [1.165, 1.54) is 0 Å². The number of carbonyl (C=O) groups is 1. The molecule has 1 heterocycles. The maximum atomic E-state index is 12.7. The minimum atomic E-state index is -0.0222. The van der Waals surface area contributed by atoms with E-state index in [0.717, 1.165) is 11.3 Å². The molecule has 1 amide bonds. The average molecular weight is 283 g/mol. The third-order valence-electron chi connectivity index (χ3n) is 3.29. The van der Waals surface area contributed by atoms with Gasteiger partial charge in [0, 0.05) is 23.5 Å². The first-order valence-electron chi connectivity index (χ1n) is 7.05. The van der Waals surface area contributed by atoms with Crippen molar-refractivity contribution >= 4 is 11.6 Å².